The fourth-order valence-electron chi connectivity index (χ4n) is 2.41. The molecule has 0 radical (unpaired) electrons. The van der Waals surface area contributed by atoms with Gasteiger partial charge in [0.2, 0.25) is 11.7 Å². The Morgan fingerprint density at radius 1 is 1.60 bits per heavy atom. The maximum absolute atomic E-state index is 11.2. The molecular weight excluding hydrogens is 262 g/mol. The van der Waals surface area contributed by atoms with E-state index in [9.17, 15) is 14.9 Å². The Morgan fingerprint density at radius 2 is 2.35 bits per heavy atom. The second-order valence-electron chi connectivity index (χ2n) is 4.96. The molecule has 0 saturated carbocycles. The summed E-state index contributed by atoms with van der Waals surface area (Å²) < 4.78 is 1.50. The van der Waals surface area contributed by atoms with Crippen molar-refractivity contribution in [1.82, 2.24) is 15.1 Å². The number of hydrogen-bond donors (Lipinski definition) is 2. The van der Waals surface area contributed by atoms with E-state index in [0.29, 0.717) is 30.9 Å². The molecule has 0 aliphatic carbocycles. The van der Waals surface area contributed by atoms with E-state index in [2.05, 4.69) is 15.7 Å². The third kappa shape index (κ3) is 2.89. The quantitative estimate of drug-likeness (QED) is 0.597. The molecule has 0 bridgehead atoms. The van der Waals surface area contributed by atoms with Gasteiger partial charge in [-0.15, -0.1) is 0 Å². The number of nitro groups is 1. The Labute approximate surface area is 116 Å². The Kier molecular flexibility index (Phi) is 4.21. The van der Waals surface area contributed by atoms with Gasteiger partial charge in [-0.1, -0.05) is 13.3 Å². The number of nitrogens with zero attached hydrogens (tertiary/aromatic N) is 3. The zero-order valence-corrected chi connectivity index (χ0v) is 11.7. The SMILES string of the molecule is CCCc1nn(C)c(NCC2CCC(=O)N2)c1[N+](=O)[O-]. The highest BCUT2D eigenvalue weighted by Gasteiger charge is 2.27. The number of nitrogens with one attached hydrogen (secondary N) is 2. The summed E-state index contributed by atoms with van der Waals surface area (Å²) in [6.07, 6.45) is 2.64. The average molecular weight is 281 g/mol. The molecule has 1 fully saturated rings. The average Bonchev–Trinajstić information content (AvgIpc) is 2.91. The number of hydrogen-bond acceptors (Lipinski definition) is 5. The lowest BCUT2D eigenvalue weighted by Crippen LogP contribution is -2.32. The van der Waals surface area contributed by atoms with Crippen LogP contribution in [0.2, 0.25) is 0 Å². The zero-order valence-electron chi connectivity index (χ0n) is 11.7. The van der Waals surface area contributed by atoms with Gasteiger partial charge in [0.1, 0.15) is 5.69 Å². The minimum Gasteiger partial charge on any atom is -0.362 e. The molecule has 1 amide bonds. The van der Waals surface area contributed by atoms with Crippen LogP contribution in [0.5, 0.6) is 0 Å². The highest BCUT2D eigenvalue weighted by Crippen LogP contribution is 2.29. The van der Waals surface area contributed by atoms with Crippen LogP contribution in [-0.2, 0) is 18.3 Å². The normalized spacial score (nSPS) is 18.1. The topological polar surface area (TPSA) is 102 Å². The summed E-state index contributed by atoms with van der Waals surface area (Å²) in [6, 6.07) is 0.0200. The van der Waals surface area contributed by atoms with Crippen molar-refractivity contribution in [3.05, 3.63) is 15.8 Å². The lowest BCUT2D eigenvalue weighted by atomic mass is 10.2. The molecule has 2 heterocycles. The molecule has 110 valence electrons. The lowest BCUT2D eigenvalue weighted by Gasteiger charge is -2.11. The minimum absolute atomic E-state index is 0.0200. The summed E-state index contributed by atoms with van der Waals surface area (Å²) in [5.74, 6) is 0.433. The minimum atomic E-state index is -0.395. The van der Waals surface area contributed by atoms with Gasteiger partial charge in [0, 0.05) is 26.1 Å². The molecule has 8 heteroatoms. The molecule has 2 N–H and O–H groups in total. The zero-order chi connectivity index (χ0) is 14.7. The van der Waals surface area contributed by atoms with Crippen LogP contribution < -0.4 is 10.6 Å². The summed E-state index contributed by atoms with van der Waals surface area (Å²) in [5.41, 5.74) is 0.539. The Morgan fingerprint density at radius 3 is 2.90 bits per heavy atom. The molecule has 0 spiro atoms. The lowest BCUT2D eigenvalue weighted by molar-refractivity contribution is -0.384. The summed E-state index contributed by atoms with van der Waals surface area (Å²) >= 11 is 0. The highest BCUT2D eigenvalue weighted by atomic mass is 16.6. The number of anilines is 1. The molecule has 1 atom stereocenters. The van der Waals surface area contributed by atoms with E-state index in [1.807, 2.05) is 6.92 Å². The van der Waals surface area contributed by atoms with Crippen LogP contribution in [0.15, 0.2) is 0 Å². The standard InChI is InChI=1S/C12H19N5O3/c1-3-4-9-11(17(19)20)12(16(2)15-9)13-7-8-5-6-10(18)14-8/h8,13H,3-7H2,1-2H3,(H,14,18). The second-order valence-corrected chi connectivity index (χ2v) is 4.96. The summed E-state index contributed by atoms with van der Waals surface area (Å²) in [6.45, 7) is 2.43. The number of rotatable bonds is 6. The van der Waals surface area contributed by atoms with Crippen molar-refractivity contribution in [3.63, 3.8) is 0 Å². The maximum atomic E-state index is 11.2. The van der Waals surface area contributed by atoms with Gasteiger partial charge < -0.3 is 10.6 Å². The van der Waals surface area contributed by atoms with Crippen molar-refractivity contribution in [1.29, 1.82) is 0 Å². The molecule has 1 saturated heterocycles. The van der Waals surface area contributed by atoms with Crippen LogP contribution in [0.4, 0.5) is 11.5 Å². The van der Waals surface area contributed by atoms with Crippen molar-refractivity contribution in [2.75, 3.05) is 11.9 Å². The first-order chi connectivity index (χ1) is 9.52. The highest BCUT2D eigenvalue weighted by molar-refractivity contribution is 5.78. The van der Waals surface area contributed by atoms with Crippen molar-refractivity contribution >= 4 is 17.4 Å². The van der Waals surface area contributed by atoms with E-state index in [1.165, 1.54) is 4.68 Å². The van der Waals surface area contributed by atoms with Crippen LogP contribution in [0, 0.1) is 10.1 Å². The number of carbonyl (C=O) groups is 1. The smallest absolute Gasteiger partial charge is 0.333 e. The van der Waals surface area contributed by atoms with Crippen molar-refractivity contribution in [2.45, 2.75) is 38.6 Å². The summed E-state index contributed by atoms with van der Waals surface area (Å²) in [7, 11) is 1.68. The third-order valence-electron chi connectivity index (χ3n) is 3.36. The van der Waals surface area contributed by atoms with Gasteiger partial charge in [-0.3, -0.25) is 14.9 Å². The monoisotopic (exact) mass is 281 g/mol. The molecule has 1 aliphatic rings. The second kappa shape index (κ2) is 5.89. The van der Waals surface area contributed by atoms with E-state index in [0.717, 1.165) is 12.8 Å². The molecule has 0 aromatic carbocycles. The molecule has 1 aromatic heterocycles. The van der Waals surface area contributed by atoms with E-state index < -0.39 is 4.92 Å². The van der Waals surface area contributed by atoms with Gasteiger partial charge in [-0.05, 0) is 12.8 Å². The predicted octanol–water partition coefficient (Wildman–Crippen LogP) is 0.971. The van der Waals surface area contributed by atoms with Crippen LogP contribution in [0.25, 0.3) is 0 Å². The van der Waals surface area contributed by atoms with Gasteiger partial charge >= 0.3 is 5.69 Å². The summed E-state index contributed by atoms with van der Waals surface area (Å²) in [5, 5.41) is 21.3. The molecule has 1 unspecified atom stereocenters. The van der Waals surface area contributed by atoms with Crippen LogP contribution in [0.3, 0.4) is 0 Å². The number of aromatic nitrogens is 2. The molecular formula is C12H19N5O3. The van der Waals surface area contributed by atoms with Gasteiger partial charge in [0.05, 0.1) is 4.92 Å². The Hall–Kier alpha value is -2.12. The van der Waals surface area contributed by atoms with Crippen LogP contribution in [-0.4, -0.2) is 33.2 Å². The van der Waals surface area contributed by atoms with Crippen LogP contribution in [0.1, 0.15) is 31.9 Å². The number of amides is 1. The van der Waals surface area contributed by atoms with E-state index in [1.54, 1.807) is 7.05 Å². The van der Waals surface area contributed by atoms with Crippen LogP contribution >= 0.6 is 0 Å². The van der Waals surface area contributed by atoms with E-state index in [4.69, 9.17) is 0 Å². The van der Waals surface area contributed by atoms with Gasteiger partial charge in [0.15, 0.2) is 0 Å². The van der Waals surface area contributed by atoms with E-state index >= 15 is 0 Å². The summed E-state index contributed by atoms with van der Waals surface area (Å²) in [4.78, 5) is 22.0. The molecule has 8 nitrogen and oxygen atoms in total. The van der Waals surface area contributed by atoms with Crippen molar-refractivity contribution < 1.29 is 9.72 Å². The molecule has 1 aliphatic heterocycles. The van der Waals surface area contributed by atoms with E-state index in [-0.39, 0.29) is 17.6 Å². The third-order valence-corrected chi connectivity index (χ3v) is 3.36. The first kappa shape index (κ1) is 14.3. The maximum Gasteiger partial charge on any atom is 0.333 e. The Balaban J connectivity index is 2.13. The first-order valence-corrected chi connectivity index (χ1v) is 6.76. The fourth-order valence-corrected chi connectivity index (χ4v) is 2.41. The Bertz CT molecular complexity index is 525. The molecule has 2 rings (SSSR count). The van der Waals surface area contributed by atoms with Gasteiger partial charge in [-0.25, -0.2) is 4.68 Å². The first-order valence-electron chi connectivity index (χ1n) is 6.76. The van der Waals surface area contributed by atoms with Crippen molar-refractivity contribution in [2.24, 2.45) is 7.05 Å². The number of aryl methyl sites for hydroxylation is 2. The predicted molar refractivity (Wildman–Crippen MR) is 73.5 cm³/mol. The molecule has 20 heavy (non-hydrogen) atoms. The van der Waals surface area contributed by atoms with Gasteiger partial charge in [0.25, 0.3) is 0 Å². The fraction of sp³-hybridized carbons (Fsp3) is 0.667. The molecule has 1 aromatic rings. The van der Waals surface area contributed by atoms with Crippen molar-refractivity contribution in [3.8, 4) is 0 Å². The largest absolute Gasteiger partial charge is 0.362 e. The van der Waals surface area contributed by atoms with Gasteiger partial charge in [-0.2, -0.15) is 5.10 Å². The number of carbonyl (C=O) groups excluding carboxylic acids is 1.